The summed E-state index contributed by atoms with van der Waals surface area (Å²) in [5.74, 6) is 1.95. The number of hydrogen-bond donors (Lipinski definition) is 1. The van der Waals surface area contributed by atoms with Crippen LogP contribution in [-0.4, -0.2) is 39.3 Å². The Morgan fingerprint density at radius 3 is 2.73 bits per heavy atom. The van der Waals surface area contributed by atoms with Gasteiger partial charge in [0.15, 0.2) is 4.77 Å². The molecule has 0 saturated heterocycles. The molecular weight excluding hydrogens is 292 g/mol. The van der Waals surface area contributed by atoms with Crippen molar-refractivity contribution < 1.29 is 0 Å². The average Bonchev–Trinajstić information content (AvgIpc) is 3.27. The van der Waals surface area contributed by atoms with E-state index in [4.69, 9.17) is 12.2 Å². The van der Waals surface area contributed by atoms with Gasteiger partial charge in [-0.25, -0.2) is 0 Å². The van der Waals surface area contributed by atoms with Crippen LogP contribution < -0.4 is 0 Å². The van der Waals surface area contributed by atoms with Crippen LogP contribution >= 0.6 is 12.2 Å². The van der Waals surface area contributed by atoms with Gasteiger partial charge in [-0.15, -0.1) is 0 Å². The van der Waals surface area contributed by atoms with E-state index in [1.54, 1.807) is 0 Å². The standard InChI is InChI=1S/C17H24N4S/c1-2-11-20(13-14-8-9-14)12-10-16-18-19-17(22)21(16)15-6-4-3-5-7-15/h3-7,14H,2,8-13H2,1H3,(H,19,22). The van der Waals surface area contributed by atoms with Crippen LogP contribution in [0, 0.1) is 10.7 Å². The molecule has 4 nitrogen and oxygen atoms in total. The van der Waals surface area contributed by atoms with Crippen molar-refractivity contribution in [3.8, 4) is 5.69 Å². The predicted molar refractivity (Wildman–Crippen MR) is 91.9 cm³/mol. The van der Waals surface area contributed by atoms with Crippen LogP contribution in [0.3, 0.4) is 0 Å². The Bertz CT molecular complexity index is 642. The molecule has 1 saturated carbocycles. The zero-order chi connectivity index (χ0) is 15.4. The van der Waals surface area contributed by atoms with Gasteiger partial charge in [-0.2, -0.15) is 5.10 Å². The lowest BCUT2D eigenvalue weighted by atomic mass is 10.2. The number of aromatic amines is 1. The van der Waals surface area contributed by atoms with E-state index >= 15 is 0 Å². The molecule has 0 bridgehead atoms. The van der Waals surface area contributed by atoms with Gasteiger partial charge in [0.25, 0.3) is 0 Å². The first-order valence-electron chi connectivity index (χ1n) is 8.22. The molecule has 5 heteroatoms. The fourth-order valence-corrected chi connectivity index (χ4v) is 3.13. The van der Waals surface area contributed by atoms with Crippen LogP contribution in [0.2, 0.25) is 0 Å². The Balaban J connectivity index is 1.71. The van der Waals surface area contributed by atoms with Gasteiger partial charge in [0.1, 0.15) is 5.82 Å². The quantitative estimate of drug-likeness (QED) is 0.756. The molecule has 2 aromatic rings. The Morgan fingerprint density at radius 2 is 2.05 bits per heavy atom. The molecule has 0 amide bonds. The van der Waals surface area contributed by atoms with Gasteiger partial charge in [0.05, 0.1) is 0 Å². The summed E-state index contributed by atoms with van der Waals surface area (Å²) in [5.41, 5.74) is 1.08. The van der Waals surface area contributed by atoms with Crippen molar-refractivity contribution in [2.45, 2.75) is 32.6 Å². The largest absolute Gasteiger partial charge is 0.303 e. The zero-order valence-corrected chi connectivity index (χ0v) is 14.0. The molecule has 1 aliphatic rings. The number of rotatable bonds is 8. The van der Waals surface area contributed by atoms with E-state index in [1.165, 1.54) is 32.4 Å². The molecule has 1 aliphatic carbocycles. The lowest BCUT2D eigenvalue weighted by Gasteiger charge is -2.21. The molecule has 118 valence electrons. The number of H-pyrrole nitrogens is 1. The molecule has 1 aromatic heterocycles. The summed E-state index contributed by atoms with van der Waals surface area (Å²) in [7, 11) is 0. The highest BCUT2D eigenvalue weighted by Crippen LogP contribution is 2.29. The van der Waals surface area contributed by atoms with Crippen molar-refractivity contribution in [1.29, 1.82) is 0 Å². The maximum absolute atomic E-state index is 5.40. The summed E-state index contributed by atoms with van der Waals surface area (Å²) < 4.78 is 2.72. The molecule has 0 radical (unpaired) electrons. The highest BCUT2D eigenvalue weighted by atomic mass is 32.1. The molecular formula is C17H24N4S. The summed E-state index contributed by atoms with van der Waals surface area (Å²) in [5, 5.41) is 7.38. The summed E-state index contributed by atoms with van der Waals surface area (Å²) in [6, 6.07) is 10.2. The highest BCUT2D eigenvalue weighted by Gasteiger charge is 2.24. The fourth-order valence-electron chi connectivity index (χ4n) is 2.87. The molecule has 0 spiro atoms. The first kappa shape index (κ1) is 15.4. The number of nitrogens with one attached hydrogen (secondary N) is 1. The minimum Gasteiger partial charge on any atom is -0.303 e. The third kappa shape index (κ3) is 3.84. The van der Waals surface area contributed by atoms with Crippen molar-refractivity contribution in [1.82, 2.24) is 19.7 Å². The maximum Gasteiger partial charge on any atom is 0.199 e. The van der Waals surface area contributed by atoms with E-state index in [0.29, 0.717) is 4.77 Å². The SMILES string of the molecule is CCCN(CCc1n[nH]c(=S)n1-c1ccccc1)CC1CC1. The van der Waals surface area contributed by atoms with Gasteiger partial charge in [0.2, 0.25) is 0 Å². The van der Waals surface area contributed by atoms with Crippen molar-refractivity contribution in [3.05, 3.63) is 40.9 Å². The molecule has 1 heterocycles. The normalized spacial score (nSPS) is 14.6. The van der Waals surface area contributed by atoms with E-state index in [-0.39, 0.29) is 0 Å². The van der Waals surface area contributed by atoms with Crippen LogP contribution in [0.1, 0.15) is 32.0 Å². The third-order valence-corrected chi connectivity index (χ3v) is 4.43. The van der Waals surface area contributed by atoms with Gasteiger partial charge < -0.3 is 4.90 Å². The molecule has 1 N–H and O–H groups in total. The summed E-state index contributed by atoms with van der Waals surface area (Å²) in [6.07, 6.45) is 4.94. The Hall–Kier alpha value is -1.46. The van der Waals surface area contributed by atoms with Crippen molar-refractivity contribution >= 4 is 12.2 Å². The first-order chi connectivity index (χ1) is 10.8. The Labute approximate surface area is 137 Å². The van der Waals surface area contributed by atoms with Gasteiger partial charge in [-0.3, -0.25) is 9.67 Å². The van der Waals surface area contributed by atoms with Crippen molar-refractivity contribution in [2.24, 2.45) is 5.92 Å². The average molecular weight is 316 g/mol. The van der Waals surface area contributed by atoms with Crippen LogP contribution in [0.15, 0.2) is 30.3 Å². The first-order valence-corrected chi connectivity index (χ1v) is 8.63. The second-order valence-electron chi connectivity index (χ2n) is 6.11. The summed E-state index contributed by atoms with van der Waals surface area (Å²) >= 11 is 5.40. The van der Waals surface area contributed by atoms with Crippen molar-refractivity contribution in [3.63, 3.8) is 0 Å². The van der Waals surface area contributed by atoms with E-state index in [0.717, 1.165) is 30.4 Å². The molecule has 1 fully saturated rings. The topological polar surface area (TPSA) is 36.9 Å². The zero-order valence-electron chi connectivity index (χ0n) is 13.2. The van der Waals surface area contributed by atoms with Gasteiger partial charge in [-0.05, 0) is 56.1 Å². The predicted octanol–water partition coefficient (Wildman–Crippen LogP) is 3.59. The van der Waals surface area contributed by atoms with E-state index in [2.05, 4.69) is 38.7 Å². The number of nitrogens with zero attached hydrogens (tertiary/aromatic N) is 3. The van der Waals surface area contributed by atoms with E-state index in [1.807, 2.05) is 18.2 Å². The summed E-state index contributed by atoms with van der Waals surface area (Å²) in [4.78, 5) is 2.57. The molecule has 1 aromatic carbocycles. The molecule has 22 heavy (non-hydrogen) atoms. The number of aromatic nitrogens is 3. The fraction of sp³-hybridized carbons (Fsp3) is 0.529. The minimum absolute atomic E-state index is 0.672. The molecule has 0 atom stereocenters. The van der Waals surface area contributed by atoms with E-state index < -0.39 is 0 Å². The van der Waals surface area contributed by atoms with Gasteiger partial charge >= 0.3 is 0 Å². The van der Waals surface area contributed by atoms with Crippen LogP contribution in [0.5, 0.6) is 0 Å². The Kier molecular flexibility index (Phi) is 5.05. The van der Waals surface area contributed by atoms with Gasteiger partial charge in [-0.1, -0.05) is 25.1 Å². The van der Waals surface area contributed by atoms with Crippen LogP contribution in [0.25, 0.3) is 5.69 Å². The monoisotopic (exact) mass is 316 g/mol. The van der Waals surface area contributed by atoms with Crippen LogP contribution in [0.4, 0.5) is 0 Å². The second-order valence-corrected chi connectivity index (χ2v) is 6.50. The lowest BCUT2D eigenvalue weighted by Crippen LogP contribution is -2.29. The Morgan fingerprint density at radius 1 is 1.27 bits per heavy atom. The lowest BCUT2D eigenvalue weighted by molar-refractivity contribution is 0.264. The number of benzene rings is 1. The second kappa shape index (κ2) is 7.20. The van der Waals surface area contributed by atoms with Crippen LogP contribution in [-0.2, 0) is 6.42 Å². The third-order valence-electron chi connectivity index (χ3n) is 4.16. The van der Waals surface area contributed by atoms with E-state index in [9.17, 15) is 0 Å². The van der Waals surface area contributed by atoms with Gasteiger partial charge in [0, 0.05) is 25.2 Å². The molecule has 0 unspecified atom stereocenters. The summed E-state index contributed by atoms with van der Waals surface area (Å²) in [6.45, 7) is 5.72. The highest BCUT2D eigenvalue weighted by molar-refractivity contribution is 7.71. The van der Waals surface area contributed by atoms with Crippen molar-refractivity contribution in [2.75, 3.05) is 19.6 Å². The smallest absolute Gasteiger partial charge is 0.199 e. The number of hydrogen-bond acceptors (Lipinski definition) is 3. The maximum atomic E-state index is 5.40. The minimum atomic E-state index is 0.672. The molecule has 0 aliphatic heterocycles. The molecule has 3 rings (SSSR count). The number of para-hydroxylation sites is 1.